The number of carbonyl (C=O) groups excluding carboxylic acids is 1. The van der Waals surface area contributed by atoms with Gasteiger partial charge in [-0.1, -0.05) is 54.2 Å². The fourth-order valence-corrected chi connectivity index (χ4v) is 3.32. The molecule has 1 heterocycles. The Labute approximate surface area is 139 Å². The molecule has 0 N–H and O–H groups in total. The number of nitrogens with zero attached hydrogens (tertiary/aromatic N) is 2. The van der Waals surface area contributed by atoms with Crippen molar-refractivity contribution in [1.82, 2.24) is 9.55 Å². The molecule has 3 aromatic rings. The minimum absolute atomic E-state index is 0.239. The number of hydrogen-bond acceptors (Lipinski definition) is 4. The summed E-state index contributed by atoms with van der Waals surface area (Å²) in [5, 5.41) is 0.854. The number of aromatic nitrogens is 2. The first-order chi connectivity index (χ1) is 11.3. The third kappa shape index (κ3) is 3.74. The Morgan fingerprint density at radius 2 is 1.87 bits per heavy atom. The smallest absolute Gasteiger partial charge is 0.316 e. The van der Waals surface area contributed by atoms with Crippen molar-refractivity contribution >= 4 is 28.8 Å². The van der Waals surface area contributed by atoms with Crippen molar-refractivity contribution in [3.8, 4) is 0 Å². The van der Waals surface area contributed by atoms with E-state index in [1.165, 1.54) is 24.4 Å². The summed E-state index contributed by atoms with van der Waals surface area (Å²) in [5.74, 6) is 0.0298. The highest BCUT2D eigenvalue weighted by Gasteiger charge is 2.13. The highest BCUT2D eigenvalue weighted by Crippen LogP contribution is 2.24. The Balaban J connectivity index is 1.84. The van der Waals surface area contributed by atoms with Crippen LogP contribution in [0.5, 0.6) is 0 Å². The van der Waals surface area contributed by atoms with Crippen molar-refractivity contribution in [3.05, 3.63) is 60.2 Å². The van der Waals surface area contributed by atoms with Crippen LogP contribution in [0, 0.1) is 0 Å². The molecular formula is C18H18N2O2S. The average molecular weight is 326 g/mol. The van der Waals surface area contributed by atoms with Crippen molar-refractivity contribution in [2.75, 3.05) is 12.9 Å². The molecule has 0 spiro atoms. The monoisotopic (exact) mass is 326 g/mol. The summed E-state index contributed by atoms with van der Waals surface area (Å²) < 4.78 is 6.89. The third-order valence-electron chi connectivity index (χ3n) is 3.63. The molecule has 0 bridgehead atoms. The fourth-order valence-electron chi connectivity index (χ4n) is 2.45. The SMILES string of the molecule is COC(=O)CSc1nc2ccccc2n1CCc1ccccc1. The van der Waals surface area contributed by atoms with Crippen LogP contribution in [0.2, 0.25) is 0 Å². The number of fused-ring (bicyclic) bond motifs is 1. The first-order valence-corrected chi connectivity index (χ1v) is 8.45. The average Bonchev–Trinajstić information content (AvgIpc) is 2.96. The largest absolute Gasteiger partial charge is 0.468 e. The van der Waals surface area contributed by atoms with Crippen LogP contribution in [0.15, 0.2) is 59.8 Å². The molecule has 0 atom stereocenters. The van der Waals surface area contributed by atoms with Crippen molar-refractivity contribution in [1.29, 1.82) is 0 Å². The number of benzene rings is 2. The Morgan fingerprint density at radius 1 is 1.13 bits per heavy atom. The normalized spacial score (nSPS) is 10.8. The molecule has 0 saturated heterocycles. The minimum atomic E-state index is -0.239. The second kappa shape index (κ2) is 7.33. The van der Waals surface area contributed by atoms with Gasteiger partial charge in [-0.3, -0.25) is 4.79 Å². The van der Waals surface area contributed by atoms with E-state index >= 15 is 0 Å². The van der Waals surface area contributed by atoms with Crippen LogP contribution in [-0.4, -0.2) is 28.4 Å². The van der Waals surface area contributed by atoms with Crippen LogP contribution in [0.1, 0.15) is 5.56 Å². The summed E-state index contributed by atoms with van der Waals surface area (Å²) in [7, 11) is 1.40. The van der Waals surface area contributed by atoms with Crippen molar-refractivity contribution < 1.29 is 9.53 Å². The summed E-state index contributed by atoms with van der Waals surface area (Å²) in [5.41, 5.74) is 3.33. The van der Waals surface area contributed by atoms with Gasteiger partial charge in [0, 0.05) is 6.54 Å². The molecule has 5 heteroatoms. The number of thioether (sulfide) groups is 1. The van der Waals surface area contributed by atoms with Gasteiger partial charge < -0.3 is 9.30 Å². The molecule has 23 heavy (non-hydrogen) atoms. The lowest BCUT2D eigenvalue weighted by Gasteiger charge is -2.08. The van der Waals surface area contributed by atoms with Crippen molar-refractivity contribution in [2.24, 2.45) is 0 Å². The second-order valence-electron chi connectivity index (χ2n) is 5.14. The van der Waals surface area contributed by atoms with E-state index in [4.69, 9.17) is 4.74 Å². The van der Waals surface area contributed by atoms with Crippen molar-refractivity contribution in [3.63, 3.8) is 0 Å². The Bertz CT molecular complexity index is 799. The van der Waals surface area contributed by atoms with E-state index in [1.54, 1.807) is 0 Å². The van der Waals surface area contributed by atoms with Crippen LogP contribution in [0.4, 0.5) is 0 Å². The molecule has 1 aromatic heterocycles. The Hall–Kier alpha value is -2.27. The molecule has 3 rings (SSSR count). The molecule has 0 radical (unpaired) electrons. The van der Waals surface area contributed by atoms with Gasteiger partial charge in [-0.2, -0.15) is 0 Å². The summed E-state index contributed by atoms with van der Waals surface area (Å²) in [6.45, 7) is 0.827. The number of imidazole rings is 1. The van der Waals surface area contributed by atoms with Gasteiger partial charge in [-0.05, 0) is 24.1 Å². The summed E-state index contributed by atoms with van der Waals surface area (Å²) >= 11 is 1.42. The standard InChI is InChI=1S/C18H18N2O2S/c1-22-17(21)13-23-18-19-15-9-5-6-10-16(15)20(18)12-11-14-7-3-2-4-8-14/h2-10H,11-13H2,1H3. The number of para-hydroxylation sites is 2. The summed E-state index contributed by atoms with van der Waals surface area (Å²) in [4.78, 5) is 16.1. The van der Waals surface area contributed by atoms with Crippen LogP contribution < -0.4 is 0 Å². The van der Waals surface area contributed by atoms with Gasteiger partial charge in [-0.15, -0.1) is 0 Å². The number of ether oxygens (including phenoxy) is 1. The molecule has 2 aromatic carbocycles. The van der Waals surface area contributed by atoms with E-state index in [9.17, 15) is 4.79 Å². The maximum absolute atomic E-state index is 11.4. The van der Waals surface area contributed by atoms with Crippen molar-refractivity contribution in [2.45, 2.75) is 18.1 Å². The molecule has 0 aliphatic carbocycles. The lowest BCUT2D eigenvalue weighted by Crippen LogP contribution is -2.07. The molecular weight excluding hydrogens is 308 g/mol. The lowest BCUT2D eigenvalue weighted by molar-refractivity contribution is -0.137. The number of carbonyl (C=O) groups is 1. The molecule has 0 unspecified atom stereocenters. The zero-order chi connectivity index (χ0) is 16.1. The maximum atomic E-state index is 11.4. The van der Waals surface area contributed by atoms with Gasteiger partial charge in [0.15, 0.2) is 5.16 Å². The predicted molar refractivity (Wildman–Crippen MR) is 92.6 cm³/mol. The lowest BCUT2D eigenvalue weighted by atomic mass is 10.1. The minimum Gasteiger partial charge on any atom is -0.468 e. The first kappa shape index (κ1) is 15.6. The number of methoxy groups -OCH3 is 1. The molecule has 0 amide bonds. The van der Waals surface area contributed by atoms with Gasteiger partial charge in [0.1, 0.15) is 0 Å². The van der Waals surface area contributed by atoms with Gasteiger partial charge in [0.05, 0.1) is 23.9 Å². The number of rotatable bonds is 6. The second-order valence-corrected chi connectivity index (χ2v) is 6.08. The third-order valence-corrected chi connectivity index (χ3v) is 4.58. The van der Waals surface area contributed by atoms with E-state index in [2.05, 4.69) is 27.8 Å². The molecule has 0 aliphatic rings. The Morgan fingerprint density at radius 3 is 2.65 bits per heavy atom. The number of aryl methyl sites for hydroxylation is 2. The fraction of sp³-hybridized carbons (Fsp3) is 0.222. The first-order valence-electron chi connectivity index (χ1n) is 7.47. The highest BCUT2D eigenvalue weighted by atomic mass is 32.2. The zero-order valence-corrected chi connectivity index (χ0v) is 13.8. The van der Waals surface area contributed by atoms with E-state index in [0.29, 0.717) is 0 Å². The molecule has 0 fully saturated rings. The maximum Gasteiger partial charge on any atom is 0.316 e. The number of hydrogen-bond donors (Lipinski definition) is 0. The highest BCUT2D eigenvalue weighted by molar-refractivity contribution is 7.99. The van der Waals surface area contributed by atoms with Crippen LogP contribution >= 0.6 is 11.8 Å². The van der Waals surface area contributed by atoms with Gasteiger partial charge in [0.2, 0.25) is 0 Å². The van der Waals surface area contributed by atoms with E-state index in [0.717, 1.165) is 29.2 Å². The van der Waals surface area contributed by atoms with Gasteiger partial charge in [-0.25, -0.2) is 4.98 Å². The van der Waals surface area contributed by atoms with Gasteiger partial charge >= 0.3 is 5.97 Å². The molecule has 0 saturated carbocycles. The molecule has 0 aliphatic heterocycles. The summed E-state index contributed by atoms with van der Waals surface area (Å²) in [6, 6.07) is 18.4. The van der Waals surface area contributed by atoms with E-state index < -0.39 is 0 Å². The quantitative estimate of drug-likeness (QED) is 0.513. The Kier molecular flexibility index (Phi) is 4.98. The predicted octanol–water partition coefficient (Wildman–Crippen LogP) is 3.54. The molecule has 118 valence electrons. The van der Waals surface area contributed by atoms with Gasteiger partial charge in [0.25, 0.3) is 0 Å². The van der Waals surface area contributed by atoms with Crippen LogP contribution in [0.3, 0.4) is 0 Å². The molecule has 4 nitrogen and oxygen atoms in total. The zero-order valence-electron chi connectivity index (χ0n) is 12.9. The van der Waals surface area contributed by atoms with E-state index in [-0.39, 0.29) is 11.7 Å². The van der Waals surface area contributed by atoms with Crippen LogP contribution in [0.25, 0.3) is 11.0 Å². The van der Waals surface area contributed by atoms with E-state index in [1.807, 2.05) is 36.4 Å². The number of esters is 1. The summed E-state index contributed by atoms with van der Waals surface area (Å²) in [6.07, 6.45) is 0.924. The topological polar surface area (TPSA) is 44.1 Å². The van der Waals surface area contributed by atoms with Crippen LogP contribution in [-0.2, 0) is 22.5 Å².